The van der Waals surface area contributed by atoms with Crippen molar-refractivity contribution in [3.05, 3.63) is 28.8 Å². The second-order valence-corrected chi connectivity index (χ2v) is 5.87. The second-order valence-electron chi connectivity index (χ2n) is 5.46. The summed E-state index contributed by atoms with van der Waals surface area (Å²) in [6, 6.07) is 5.44. The highest BCUT2D eigenvalue weighted by Crippen LogP contribution is 2.22. The Kier molecular flexibility index (Phi) is 12.7. The number of nitrogens with one attached hydrogen (secondary N) is 2. The van der Waals surface area contributed by atoms with E-state index in [9.17, 15) is 4.79 Å². The van der Waals surface area contributed by atoms with Crippen molar-refractivity contribution < 1.29 is 4.79 Å². The number of unbranched alkanes of at least 4 members (excludes halogenated alkanes) is 3. The van der Waals surface area contributed by atoms with Crippen LogP contribution >= 0.6 is 35.6 Å². The van der Waals surface area contributed by atoms with E-state index in [0.29, 0.717) is 23.9 Å². The molecule has 0 spiro atoms. The lowest BCUT2D eigenvalue weighted by molar-refractivity contribution is -0.116. The van der Waals surface area contributed by atoms with Crippen molar-refractivity contribution in [1.82, 2.24) is 5.32 Å². The number of anilines is 1. The number of rotatable bonds is 9. The van der Waals surface area contributed by atoms with Gasteiger partial charge in [0.2, 0.25) is 5.91 Å². The van der Waals surface area contributed by atoms with Crippen molar-refractivity contribution in [1.29, 1.82) is 0 Å². The van der Waals surface area contributed by atoms with E-state index in [0.717, 1.165) is 24.2 Å². The van der Waals surface area contributed by atoms with Crippen LogP contribution in [-0.4, -0.2) is 25.0 Å². The third kappa shape index (κ3) is 9.32. The number of halogens is 2. The summed E-state index contributed by atoms with van der Waals surface area (Å²) in [6.45, 7) is 5.23. The normalized spacial score (nSPS) is 10.9. The fraction of sp³-hybridized carbons (Fsp3) is 0.529. The zero-order valence-corrected chi connectivity index (χ0v) is 17.5. The van der Waals surface area contributed by atoms with Crippen LogP contribution in [0.2, 0.25) is 5.02 Å². The molecule has 5 nitrogen and oxygen atoms in total. The molecule has 4 N–H and O–H groups in total. The molecule has 136 valence electrons. The maximum atomic E-state index is 11.9. The van der Waals surface area contributed by atoms with Gasteiger partial charge in [-0.2, -0.15) is 0 Å². The van der Waals surface area contributed by atoms with Crippen LogP contribution < -0.4 is 16.4 Å². The Balaban J connectivity index is 0.00000529. The standard InChI is InChI=1S/C17H27ClN4O.HI/c1-3-4-5-6-11-20-17(19)21-12-10-16(23)22-15-9-7-8-14(18)13(15)2;/h7-9H,3-6,10-12H2,1-2H3,(H,22,23)(H3,19,20,21);1H. The van der Waals surface area contributed by atoms with Gasteiger partial charge >= 0.3 is 0 Å². The van der Waals surface area contributed by atoms with E-state index in [1.165, 1.54) is 19.3 Å². The largest absolute Gasteiger partial charge is 0.370 e. The van der Waals surface area contributed by atoms with Gasteiger partial charge in [-0.1, -0.05) is 43.9 Å². The lowest BCUT2D eigenvalue weighted by atomic mass is 10.2. The highest BCUT2D eigenvalue weighted by atomic mass is 127. The topological polar surface area (TPSA) is 79.5 Å². The van der Waals surface area contributed by atoms with Crippen molar-refractivity contribution in [3.63, 3.8) is 0 Å². The smallest absolute Gasteiger partial charge is 0.226 e. The molecule has 0 fully saturated rings. The Bertz CT molecular complexity index is 537. The maximum Gasteiger partial charge on any atom is 0.226 e. The highest BCUT2D eigenvalue weighted by Gasteiger charge is 2.06. The summed E-state index contributed by atoms with van der Waals surface area (Å²) < 4.78 is 0. The van der Waals surface area contributed by atoms with Crippen molar-refractivity contribution in [2.75, 3.05) is 18.4 Å². The number of hydrogen-bond donors (Lipinski definition) is 3. The molecule has 0 aliphatic rings. The molecule has 0 aliphatic heterocycles. The molecule has 0 heterocycles. The number of nitrogens with two attached hydrogens (primary N) is 1. The van der Waals surface area contributed by atoms with E-state index in [-0.39, 0.29) is 29.9 Å². The van der Waals surface area contributed by atoms with Gasteiger partial charge in [0.1, 0.15) is 0 Å². The SMILES string of the molecule is CCCCCCN=C(N)NCCC(=O)Nc1cccc(Cl)c1C.I. The molecule has 1 rings (SSSR count). The molecule has 0 saturated carbocycles. The molecule has 0 saturated heterocycles. The summed E-state index contributed by atoms with van der Waals surface area (Å²) in [7, 11) is 0. The third-order valence-corrected chi connectivity index (χ3v) is 3.90. The fourth-order valence-corrected chi connectivity index (χ4v) is 2.23. The Labute approximate surface area is 166 Å². The van der Waals surface area contributed by atoms with Gasteiger partial charge in [0, 0.05) is 30.2 Å². The fourth-order valence-electron chi connectivity index (χ4n) is 2.05. The van der Waals surface area contributed by atoms with E-state index in [4.69, 9.17) is 17.3 Å². The summed E-state index contributed by atoms with van der Waals surface area (Å²) in [5.41, 5.74) is 7.36. The summed E-state index contributed by atoms with van der Waals surface area (Å²) in [6.07, 6.45) is 4.97. The average Bonchev–Trinajstić information content (AvgIpc) is 2.51. The molecule has 1 aromatic carbocycles. The summed E-state index contributed by atoms with van der Waals surface area (Å²) >= 11 is 6.03. The summed E-state index contributed by atoms with van der Waals surface area (Å²) in [5.74, 6) is 0.312. The highest BCUT2D eigenvalue weighted by molar-refractivity contribution is 14.0. The van der Waals surface area contributed by atoms with Crippen LogP contribution in [0, 0.1) is 6.92 Å². The molecule has 0 atom stereocenters. The molecule has 7 heteroatoms. The van der Waals surface area contributed by atoms with Crippen LogP contribution in [0.25, 0.3) is 0 Å². The zero-order chi connectivity index (χ0) is 17.1. The maximum absolute atomic E-state index is 11.9. The van der Waals surface area contributed by atoms with Gasteiger partial charge in [0.25, 0.3) is 0 Å². The molecule has 0 radical (unpaired) electrons. The number of guanidine groups is 1. The van der Waals surface area contributed by atoms with Crippen LogP contribution in [0.3, 0.4) is 0 Å². The Hall–Kier alpha value is -1.02. The molecule has 0 aromatic heterocycles. The molecule has 0 unspecified atom stereocenters. The molecule has 0 aliphatic carbocycles. The number of nitrogens with zero attached hydrogens (tertiary/aromatic N) is 1. The number of benzene rings is 1. The minimum absolute atomic E-state index is 0. The number of hydrogen-bond acceptors (Lipinski definition) is 2. The predicted molar refractivity (Wildman–Crippen MR) is 113 cm³/mol. The van der Waals surface area contributed by atoms with Crippen LogP contribution in [0.5, 0.6) is 0 Å². The monoisotopic (exact) mass is 466 g/mol. The molecule has 0 bridgehead atoms. The average molecular weight is 467 g/mol. The zero-order valence-electron chi connectivity index (χ0n) is 14.4. The van der Waals surface area contributed by atoms with Crippen LogP contribution in [0.4, 0.5) is 5.69 Å². The number of amides is 1. The van der Waals surface area contributed by atoms with Gasteiger partial charge in [0.15, 0.2) is 5.96 Å². The van der Waals surface area contributed by atoms with Crippen molar-refractivity contribution in [3.8, 4) is 0 Å². The van der Waals surface area contributed by atoms with Crippen molar-refractivity contribution >= 4 is 53.1 Å². The first-order valence-electron chi connectivity index (χ1n) is 8.13. The van der Waals surface area contributed by atoms with E-state index < -0.39 is 0 Å². The molecular formula is C17H28ClIN4O. The first-order chi connectivity index (χ1) is 11.0. The van der Waals surface area contributed by atoms with Crippen molar-refractivity contribution in [2.45, 2.75) is 46.0 Å². The van der Waals surface area contributed by atoms with Crippen molar-refractivity contribution in [2.24, 2.45) is 10.7 Å². The minimum atomic E-state index is -0.0846. The van der Waals surface area contributed by atoms with E-state index >= 15 is 0 Å². The first-order valence-corrected chi connectivity index (χ1v) is 8.51. The predicted octanol–water partition coefficient (Wildman–Crippen LogP) is 4.08. The first kappa shape index (κ1) is 23.0. The van der Waals surface area contributed by atoms with Crippen LogP contribution in [0.15, 0.2) is 23.2 Å². The summed E-state index contributed by atoms with van der Waals surface area (Å²) in [5, 5.41) is 6.44. The number of carbonyl (C=O) groups excluding carboxylic acids is 1. The summed E-state index contributed by atoms with van der Waals surface area (Å²) in [4.78, 5) is 16.2. The molecule has 1 amide bonds. The van der Waals surface area contributed by atoms with Gasteiger partial charge < -0.3 is 16.4 Å². The van der Waals surface area contributed by atoms with Gasteiger partial charge in [-0.15, -0.1) is 24.0 Å². The number of carbonyl (C=O) groups is 1. The molecular weight excluding hydrogens is 439 g/mol. The quantitative estimate of drug-likeness (QED) is 0.222. The lowest BCUT2D eigenvalue weighted by Crippen LogP contribution is -2.34. The van der Waals surface area contributed by atoms with Gasteiger partial charge in [-0.25, -0.2) is 0 Å². The minimum Gasteiger partial charge on any atom is -0.370 e. The van der Waals surface area contributed by atoms with Gasteiger partial charge in [-0.05, 0) is 31.0 Å². The lowest BCUT2D eigenvalue weighted by Gasteiger charge is -2.10. The van der Waals surface area contributed by atoms with Gasteiger partial charge in [-0.3, -0.25) is 9.79 Å². The van der Waals surface area contributed by atoms with E-state index in [1.54, 1.807) is 6.07 Å². The van der Waals surface area contributed by atoms with Crippen LogP contribution in [0.1, 0.15) is 44.6 Å². The van der Waals surface area contributed by atoms with E-state index in [2.05, 4.69) is 22.5 Å². The Morgan fingerprint density at radius 3 is 2.75 bits per heavy atom. The second kappa shape index (κ2) is 13.3. The Morgan fingerprint density at radius 2 is 2.04 bits per heavy atom. The third-order valence-electron chi connectivity index (χ3n) is 3.49. The number of aliphatic imine (C=N–C) groups is 1. The van der Waals surface area contributed by atoms with E-state index in [1.807, 2.05) is 19.1 Å². The van der Waals surface area contributed by atoms with Gasteiger partial charge in [0.05, 0.1) is 0 Å². The van der Waals surface area contributed by atoms with Crippen LogP contribution in [-0.2, 0) is 4.79 Å². The molecule has 24 heavy (non-hydrogen) atoms. The molecule has 1 aromatic rings. The Morgan fingerprint density at radius 1 is 1.29 bits per heavy atom.